The van der Waals surface area contributed by atoms with E-state index in [0.717, 1.165) is 11.3 Å². The molecule has 5 heteroatoms. The topological polar surface area (TPSA) is 73.6 Å². The van der Waals surface area contributed by atoms with Crippen LogP contribution in [0.1, 0.15) is 18.5 Å². The molecule has 1 aromatic carbocycles. The van der Waals surface area contributed by atoms with Crippen molar-refractivity contribution in [2.24, 2.45) is 5.73 Å². The molecule has 0 fully saturated rings. The molecule has 0 spiro atoms. The van der Waals surface area contributed by atoms with E-state index >= 15 is 0 Å². The number of rotatable bonds is 5. The number of nitrogens with one attached hydrogen (secondary N) is 1. The van der Waals surface area contributed by atoms with Crippen LogP contribution in [0.15, 0.2) is 18.2 Å². The number of nitrogens with two attached hydrogens (primary N) is 1. The van der Waals surface area contributed by atoms with Crippen LogP contribution < -0.4 is 20.5 Å². The average Bonchev–Trinajstić information content (AvgIpc) is 2.37. The maximum atomic E-state index is 11.2. The van der Waals surface area contributed by atoms with Crippen LogP contribution in [0.25, 0.3) is 0 Å². The summed E-state index contributed by atoms with van der Waals surface area (Å²) < 4.78 is 10.4. The Morgan fingerprint density at radius 2 is 2.12 bits per heavy atom. The number of hydrogen-bond donors (Lipinski definition) is 2. The van der Waals surface area contributed by atoms with E-state index in [0.29, 0.717) is 5.75 Å². The molecule has 1 aromatic rings. The van der Waals surface area contributed by atoms with Gasteiger partial charge in [0, 0.05) is 5.56 Å². The van der Waals surface area contributed by atoms with Gasteiger partial charge in [0.15, 0.2) is 0 Å². The van der Waals surface area contributed by atoms with Gasteiger partial charge in [-0.3, -0.25) is 4.79 Å². The Labute approximate surface area is 101 Å². The fourth-order valence-corrected chi connectivity index (χ4v) is 1.56. The van der Waals surface area contributed by atoms with Crippen molar-refractivity contribution in [3.63, 3.8) is 0 Å². The zero-order valence-corrected chi connectivity index (χ0v) is 10.3. The van der Waals surface area contributed by atoms with Crippen molar-refractivity contribution in [3.8, 4) is 11.5 Å². The fourth-order valence-electron chi connectivity index (χ4n) is 1.56. The maximum Gasteiger partial charge on any atom is 0.234 e. The van der Waals surface area contributed by atoms with Gasteiger partial charge in [-0.2, -0.15) is 0 Å². The smallest absolute Gasteiger partial charge is 0.234 e. The van der Waals surface area contributed by atoms with E-state index in [9.17, 15) is 4.79 Å². The molecule has 0 saturated heterocycles. The molecule has 0 aliphatic carbocycles. The molecule has 1 amide bonds. The van der Waals surface area contributed by atoms with E-state index < -0.39 is 0 Å². The Bertz CT molecular complexity index is 393. The van der Waals surface area contributed by atoms with E-state index in [1.165, 1.54) is 0 Å². The lowest BCUT2D eigenvalue weighted by Gasteiger charge is -2.17. The second-order valence-corrected chi connectivity index (χ2v) is 3.60. The average molecular weight is 238 g/mol. The van der Waals surface area contributed by atoms with Crippen LogP contribution in [0.3, 0.4) is 0 Å². The van der Waals surface area contributed by atoms with E-state index in [2.05, 4.69) is 5.32 Å². The molecule has 0 saturated carbocycles. The summed E-state index contributed by atoms with van der Waals surface area (Å²) in [5.74, 6) is 1.22. The Hall–Kier alpha value is -1.75. The van der Waals surface area contributed by atoms with Crippen molar-refractivity contribution in [2.75, 3.05) is 20.8 Å². The zero-order valence-electron chi connectivity index (χ0n) is 10.3. The van der Waals surface area contributed by atoms with E-state index in [-0.39, 0.29) is 18.5 Å². The Morgan fingerprint density at radius 1 is 1.41 bits per heavy atom. The molecule has 3 N–H and O–H groups in total. The quantitative estimate of drug-likeness (QED) is 0.797. The highest BCUT2D eigenvalue weighted by Crippen LogP contribution is 2.28. The lowest BCUT2D eigenvalue weighted by atomic mass is 10.1. The molecule has 0 aromatic heterocycles. The number of methoxy groups -OCH3 is 2. The van der Waals surface area contributed by atoms with Gasteiger partial charge in [0.2, 0.25) is 5.91 Å². The molecule has 0 aliphatic heterocycles. The van der Waals surface area contributed by atoms with E-state index in [1.807, 2.05) is 13.0 Å². The first-order chi connectivity index (χ1) is 8.12. The Kier molecular flexibility index (Phi) is 4.78. The minimum absolute atomic E-state index is 0.0311. The van der Waals surface area contributed by atoms with Crippen LogP contribution in [0, 0.1) is 0 Å². The van der Waals surface area contributed by atoms with Crippen molar-refractivity contribution in [2.45, 2.75) is 13.0 Å². The highest BCUT2D eigenvalue weighted by molar-refractivity contribution is 5.78. The first kappa shape index (κ1) is 13.3. The summed E-state index contributed by atoms with van der Waals surface area (Å²) in [7, 11) is 3.18. The molecule has 0 heterocycles. The Morgan fingerprint density at radius 3 is 2.65 bits per heavy atom. The predicted octanol–water partition coefficient (Wildman–Crippen LogP) is 0.840. The van der Waals surface area contributed by atoms with Crippen molar-refractivity contribution in [1.82, 2.24) is 5.32 Å². The number of hydrogen-bond acceptors (Lipinski definition) is 4. The second kappa shape index (κ2) is 6.10. The van der Waals surface area contributed by atoms with Gasteiger partial charge < -0.3 is 20.5 Å². The molecule has 1 rings (SSSR count). The summed E-state index contributed by atoms with van der Waals surface area (Å²) in [4.78, 5) is 11.2. The van der Waals surface area contributed by atoms with Crippen molar-refractivity contribution < 1.29 is 14.3 Å². The molecular formula is C12H18N2O3. The number of benzene rings is 1. The molecule has 94 valence electrons. The van der Waals surface area contributed by atoms with Crippen LogP contribution in [0.5, 0.6) is 11.5 Å². The highest BCUT2D eigenvalue weighted by Gasteiger charge is 2.14. The zero-order chi connectivity index (χ0) is 12.8. The third-order valence-corrected chi connectivity index (χ3v) is 2.47. The SMILES string of the molecule is COc1ccc(OC)c(C(C)NC(=O)CN)c1. The molecule has 1 atom stereocenters. The monoisotopic (exact) mass is 238 g/mol. The summed E-state index contributed by atoms with van der Waals surface area (Å²) in [6, 6.07) is 5.26. The van der Waals surface area contributed by atoms with Crippen LogP contribution in [-0.2, 0) is 4.79 Å². The molecule has 17 heavy (non-hydrogen) atoms. The second-order valence-electron chi connectivity index (χ2n) is 3.60. The molecular weight excluding hydrogens is 220 g/mol. The third kappa shape index (κ3) is 3.35. The highest BCUT2D eigenvalue weighted by atomic mass is 16.5. The lowest BCUT2D eigenvalue weighted by Crippen LogP contribution is -2.32. The van der Waals surface area contributed by atoms with Gasteiger partial charge in [-0.15, -0.1) is 0 Å². The number of ether oxygens (including phenoxy) is 2. The van der Waals surface area contributed by atoms with E-state index in [4.69, 9.17) is 15.2 Å². The molecule has 0 radical (unpaired) electrons. The van der Waals surface area contributed by atoms with Gasteiger partial charge in [0.05, 0.1) is 26.8 Å². The van der Waals surface area contributed by atoms with Crippen LogP contribution in [0.4, 0.5) is 0 Å². The van der Waals surface area contributed by atoms with Gasteiger partial charge in [-0.1, -0.05) is 0 Å². The fraction of sp³-hybridized carbons (Fsp3) is 0.417. The van der Waals surface area contributed by atoms with Gasteiger partial charge in [0.1, 0.15) is 11.5 Å². The molecule has 0 aliphatic rings. The van der Waals surface area contributed by atoms with Crippen LogP contribution in [0.2, 0.25) is 0 Å². The predicted molar refractivity (Wildman–Crippen MR) is 65.2 cm³/mol. The minimum atomic E-state index is -0.206. The first-order valence-electron chi connectivity index (χ1n) is 5.33. The summed E-state index contributed by atoms with van der Waals surface area (Å²) in [6.07, 6.45) is 0. The lowest BCUT2D eigenvalue weighted by molar-refractivity contribution is -0.120. The summed E-state index contributed by atoms with van der Waals surface area (Å²) in [5, 5.41) is 2.77. The largest absolute Gasteiger partial charge is 0.497 e. The van der Waals surface area contributed by atoms with Crippen molar-refractivity contribution in [1.29, 1.82) is 0 Å². The third-order valence-electron chi connectivity index (χ3n) is 2.47. The van der Waals surface area contributed by atoms with Crippen molar-refractivity contribution in [3.05, 3.63) is 23.8 Å². The van der Waals surface area contributed by atoms with Crippen LogP contribution >= 0.6 is 0 Å². The van der Waals surface area contributed by atoms with Gasteiger partial charge in [-0.05, 0) is 25.1 Å². The standard InChI is InChI=1S/C12H18N2O3/c1-8(14-12(15)7-13)10-6-9(16-2)4-5-11(10)17-3/h4-6,8H,7,13H2,1-3H3,(H,14,15). The van der Waals surface area contributed by atoms with Gasteiger partial charge in [0.25, 0.3) is 0 Å². The maximum absolute atomic E-state index is 11.2. The number of carbonyl (C=O) groups is 1. The number of carbonyl (C=O) groups excluding carboxylic acids is 1. The Balaban J connectivity index is 2.96. The normalized spacial score (nSPS) is 11.8. The molecule has 1 unspecified atom stereocenters. The molecule has 5 nitrogen and oxygen atoms in total. The van der Waals surface area contributed by atoms with Gasteiger partial charge >= 0.3 is 0 Å². The number of amides is 1. The van der Waals surface area contributed by atoms with E-state index in [1.54, 1.807) is 26.4 Å². The van der Waals surface area contributed by atoms with Crippen LogP contribution in [-0.4, -0.2) is 26.7 Å². The molecule has 0 bridgehead atoms. The van der Waals surface area contributed by atoms with Gasteiger partial charge in [-0.25, -0.2) is 0 Å². The first-order valence-corrected chi connectivity index (χ1v) is 5.33. The summed E-state index contributed by atoms with van der Waals surface area (Å²) in [5.41, 5.74) is 6.11. The summed E-state index contributed by atoms with van der Waals surface area (Å²) >= 11 is 0. The van der Waals surface area contributed by atoms with Crippen molar-refractivity contribution >= 4 is 5.91 Å². The summed E-state index contributed by atoms with van der Waals surface area (Å²) in [6.45, 7) is 1.83. The minimum Gasteiger partial charge on any atom is -0.497 e.